The number of methoxy groups -OCH3 is 1. The van der Waals surface area contributed by atoms with E-state index in [-0.39, 0.29) is 18.0 Å². The second-order valence-electron chi connectivity index (χ2n) is 6.39. The van der Waals surface area contributed by atoms with Crippen molar-refractivity contribution < 1.29 is 14.3 Å². The minimum Gasteiger partial charge on any atom is -0.453 e. The highest BCUT2D eigenvalue weighted by Crippen LogP contribution is 2.33. The van der Waals surface area contributed by atoms with Crippen LogP contribution < -0.4 is 5.32 Å². The van der Waals surface area contributed by atoms with E-state index in [4.69, 9.17) is 4.74 Å². The van der Waals surface area contributed by atoms with E-state index in [2.05, 4.69) is 5.32 Å². The minimum absolute atomic E-state index is 0.0113. The highest BCUT2D eigenvalue weighted by atomic mass is 16.5. The predicted octanol–water partition coefficient (Wildman–Crippen LogP) is 0.818. The van der Waals surface area contributed by atoms with Crippen molar-refractivity contribution in [2.45, 2.75) is 44.2 Å². The number of hydrogen-bond donors (Lipinski definition) is 1. The highest BCUT2D eigenvalue weighted by Gasteiger charge is 2.40. The summed E-state index contributed by atoms with van der Waals surface area (Å²) in [5.41, 5.74) is 0. The molecule has 21 heavy (non-hydrogen) atoms. The van der Waals surface area contributed by atoms with Crippen LogP contribution in [0.5, 0.6) is 0 Å². The molecule has 118 valence electrons. The Balaban J connectivity index is 1.51. The van der Waals surface area contributed by atoms with Gasteiger partial charge in [0, 0.05) is 32.2 Å². The van der Waals surface area contributed by atoms with Gasteiger partial charge in [-0.05, 0) is 25.2 Å². The normalized spacial score (nSPS) is 32.7. The SMILES string of the molecule is COC(=O)N1CCN(C(=O)C2CC3CCCCC3N2)CC1. The number of hydrogen-bond acceptors (Lipinski definition) is 4. The molecule has 2 heterocycles. The van der Waals surface area contributed by atoms with Crippen LogP contribution in [0.1, 0.15) is 32.1 Å². The maximum atomic E-state index is 12.6. The second-order valence-corrected chi connectivity index (χ2v) is 6.39. The van der Waals surface area contributed by atoms with Crippen molar-refractivity contribution in [1.82, 2.24) is 15.1 Å². The molecule has 6 nitrogen and oxygen atoms in total. The van der Waals surface area contributed by atoms with Gasteiger partial charge < -0.3 is 19.9 Å². The lowest BCUT2D eigenvalue weighted by Gasteiger charge is -2.35. The van der Waals surface area contributed by atoms with Crippen LogP contribution in [0.2, 0.25) is 0 Å². The van der Waals surface area contributed by atoms with Gasteiger partial charge in [0.2, 0.25) is 5.91 Å². The Hall–Kier alpha value is -1.30. The number of fused-ring (bicyclic) bond motifs is 1. The zero-order valence-electron chi connectivity index (χ0n) is 12.7. The van der Waals surface area contributed by atoms with Crippen molar-refractivity contribution in [2.75, 3.05) is 33.3 Å². The first-order valence-corrected chi connectivity index (χ1v) is 8.07. The maximum absolute atomic E-state index is 12.6. The Morgan fingerprint density at radius 2 is 1.71 bits per heavy atom. The Kier molecular flexibility index (Phi) is 4.33. The third-order valence-corrected chi connectivity index (χ3v) is 5.19. The van der Waals surface area contributed by atoms with Gasteiger partial charge in [-0.25, -0.2) is 4.79 Å². The molecular weight excluding hydrogens is 270 g/mol. The van der Waals surface area contributed by atoms with Crippen molar-refractivity contribution in [3.05, 3.63) is 0 Å². The summed E-state index contributed by atoms with van der Waals surface area (Å²) in [6, 6.07) is 0.534. The minimum atomic E-state index is -0.299. The third kappa shape index (κ3) is 3.00. The number of nitrogens with one attached hydrogen (secondary N) is 1. The van der Waals surface area contributed by atoms with Crippen LogP contribution >= 0.6 is 0 Å². The van der Waals surface area contributed by atoms with E-state index in [9.17, 15) is 9.59 Å². The van der Waals surface area contributed by atoms with Gasteiger partial charge in [-0.1, -0.05) is 12.8 Å². The lowest BCUT2D eigenvalue weighted by Crippen LogP contribution is -2.54. The monoisotopic (exact) mass is 295 g/mol. The predicted molar refractivity (Wildman–Crippen MR) is 77.8 cm³/mol. The number of rotatable bonds is 1. The molecule has 2 saturated heterocycles. The molecule has 0 aromatic rings. The van der Waals surface area contributed by atoms with Crippen LogP contribution in [-0.4, -0.2) is 67.2 Å². The fourth-order valence-corrected chi connectivity index (χ4v) is 3.97. The average molecular weight is 295 g/mol. The Morgan fingerprint density at radius 3 is 2.38 bits per heavy atom. The van der Waals surface area contributed by atoms with Crippen LogP contribution in [0.4, 0.5) is 4.79 Å². The first kappa shape index (κ1) is 14.6. The largest absolute Gasteiger partial charge is 0.453 e. The van der Waals surface area contributed by atoms with Crippen molar-refractivity contribution in [1.29, 1.82) is 0 Å². The Labute approximate surface area is 125 Å². The van der Waals surface area contributed by atoms with E-state index in [0.717, 1.165) is 6.42 Å². The lowest BCUT2D eigenvalue weighted by atomic mass is 9.85. The van der Waals surface area contributed by atoms with Crippen molar-refractivity contribution in [3.8, 4) is 0 Å². The molecule has 3 unspecified atom stereocenters. The number of nitrogens with zero attached hydrogens (tertiary/aromatic N) is 2. The third-order valence-electron chi connectivity index (χ3n) is 5.19. The standard InChI is InChI=1S/C15H25N3O3/c1-21-15(20)18-8-6-17(7-9-18)14(19)13-10-11-4-2-3-5-12(11)16-13/h11-13,16H,2-10H2,1H3. The summed E-state index contributed by atoms with van der Waals surface area (Å²) in [5.74, 6) is 0.901. The van der Waals surface area contributed by atoms with Crippen LogP contribution in [0.25, 0.3) is 0 Å². The number of carbonyl (C=O) groups is 2. The molecule has 3 rings (SSSR count). The van der Waals surface area contributed by atoms with Gasteiger partial charge in [-0.2, -0.15) is 0 Å². The van der Waals surface area contributed by atoms with Gasteiger partial charge in [0.05, 0.1) is 13.2 Å². The number of amides is 2. The number of carbonyl (C=O) groups excluding carboxylic acids is 2. The molecule has 3 fully saturated rings. The van der Waals surface area contributed by atoms with Gasteiger partial charge >= 0.3 is 6.09 Å². The second kappa shape index (κ2) is 6.22. The van der Waals surface area contributed by atoms with E-state index in [1.54, 1.807) is 4.90 Å². The molecule has 2 aliphatic heterocycles. The molecule has 6 heteroatoms. The summed E-state index contributed by atoms with van der Waals surface area (Å²) >= 11 is 0. The summed E-state index contributed by atoms with van der Waals surface area (Å²) in [4.78, 5) is 27.6. The average Bonchev–Trinajstić information content (AvgIpc) is 2.97. The zero-order valence-corrected chi connectivity index (χ0v) is 12.7. The van der Waals surface area contributed by atoms with E-state index < -0.39 is 0 Å². The van der Waals surface area contributed by atoms with Crippen molar-refractivity contribution in [3.63, 3.8) is 0 Å². The molecule has 0 aromatic carbocycles. The molecule has 0 aromatic heterocycles. The summed E-state index contributed by atoms with van der Waals surface area (Å²) < 4.78 is 4.72. The summed E-state index contributed by atoms with van der Waals surface area (Å²) in [6.07, 6.45) is 5.75. The van der Waals surface area contributed by atoms with E-state index in [1.165, 1.54) is 32.8 Å². The fraction of sp³-hybridized carbons (Fsp3) is 0.867. The fourth-order valence-electron chi connectivity index (χ4n) is 3.97. The quantitative estimate of drug-likeness (QED) is 0.778. The summed E-state index contributed by atoms with van der Waals surface area (Å²) in [6.45, 7) is 2.36. The van der Waals surface area contributed by atoms with Crippen molar-refractivity contribution >= 4 is 12.0 Å². The zero-order chi connectivity index (χ0) is 14.8. The highest BCUT2D eigenvalue weighted by molar-refractivity contribution is 5.82. The summed E-state index contributed by atoms with van der Waals surface area (Å²) in [7, 11) is 1.39. The van der Waals surface area contributed by atoms with E-state index in [0.29, 0.717) is 38.1 Å². The van der Waals surface area contributed by atoms with E-state index >= 15 is 0 Å². The first-order chi connectivity index (χ1) is 10.2. The molecule has 1 N–H and O–H groups in total. The topological polar surface area (TPSA) is 61.9 Å². The van der Waals surface area contributed by atoms with Crippen LogP contribution in [0.15, 0.2) is 0 Å². The Bertz CT molecular complexity index is 393. The maximum Gasteiger partial charge on any atom is 0.409 e. The lowest BCUT2D eigenvalue weighted by molar-refractivity contribution is -0.134. The molecule has 2 amide bonds. The molecular formula is C15H25N3O3. The molecule has 3 atom stereocenters. The molecule has 0 bridgehead atoms. The van der Waals surface area contributed by atoms with Gasteiger partial charge in [0.25, 0.3) is 0 Å². The van der Waals surface area contributed by atoms with Gasteiger partial charge in [0.15, 0.2) is 0 Å². The first-order valence-electron chi connectivity index (χ1n) is 8.07. The van der Waals surface area contributed by atoms with Crippen molar-refractivity contribution in [2.24, 2.45) is 5.92 Å². The van der Waals surface area contributed by atoms with Gasteiger partial charge in [-0.3, -0.25) is 4.79 Å². The Morgan fingerprint density at radius 1 is 1.05 bits per heavy atom. The van der Waals surface area contributed by atoms with Gasteiger partial charge in [0.1, 0.15) is 0 Å². The van der Waals surface area contributed by atoms with Crippen LogP contribution in [0.3, 0.4) is 0 Å². The number of piperazine rings is 1. The van der Waals surface area contributed by atoms with Gasteiger partial charge in [-0.15, -0.1) is 0 Å². The smallest absolute Gasteiger partial charge is 0.409 e. The molecule has 1 aliphatic carbocycles. The van der Waals surface area contributed by atoms with E-state index in [1.807, 2.05) is 4.90 Å². The molecule has 1 saturated carbocycles. The molecule has 0 radical (unpaired) electrons. The van der Waals surface area contributed by atoms with Crippen LogP contribution in [-0.2, 0) is 9.53 Å². The number of ether oxygens (including phenoxy) is 1. The molecule has 0 spiro atoms. The molecule has 3 aliphatic rings. The van der Waals surface area contributed by atoms with Crippen LogP contribution in [0, 0.1) is 5.92 Å². The summed E-state index contributed by atoms with van der Waals surface area (Å²) in [5, 5.41) is 3.54.